The van der Waals surface area contributed by atoms with Gasteiger partial charge in [-0.1, -0.05) is 6.07 Å². The molecule has 1 fully saturated rings. The molecule has 164 valence electrons. The number of benzene rings is 1. The predicted molar refractivity (Wildman–Crippen MR) is 124 cm³/mol. The molecule has 0 spiro atoms. The lowest BCUT2D eigenvalue weighted by Crippen LogP contribution is -2.22. The van der Waals surface area contributed by atoms with E-state index in [0.29, 0.717) is 5.88 Å². The maximum absolute atomic E-state index is 5.94. The normalized spacial score (nSPS) is 14.6. The molecule has 4 heterocycles. The molecule has 0 saturated carbocycles. The molecule has 4 aromatic rings. The van der Waals surface area contributed by atoms with E-state index in [1.807, 2.05) is 36.4 Å². The van der Waals surface area contributed by atoms with Gasteiger partial charge in [0.15, 0.2) is 0 Å². The molecule has 0 radical (unpaired) electrons. The first-order valence-electron chi connectivity index (χ1n) is 11.2. The fourth-order valence-corrected chi connectivity index (χ4v) is 4.00. The van der Waals surface area contributed by atoms with E-state index < -0.39 is 0 Å². The molecule has 32 heavy (non-hydrogen) atoms. The molecule has 7 heteroatoms. The van der Waals surface area contributed by atoms with Gasteiger partial charge in [0, 0.05) is 49.2 Å². The van der Waals surface area contributed by atoms with Gasteiger partial charge in [-0.2, -0.15) is 5.10 Å². The van der Waals surface area contributed by atoms with Crippen molar-refractivity contribution in [3.63, 3.8) is 0 Å². The van der Waals surface area contributed by atoms with Crippen molar-refractivity contribution >= 4 is 10.9 Å². The van der Waals surface area contributed by atoms with Crippen molar-refractivity contribution in [3.05, 3.63) is 66.6 Å². The van der Waals surface area contributed by atoms with Gasteiger partial charge < -0.3 is 14.8 Å². The van der Waals surface area contributed by atoms with E-state index in [1.54, 1.807) is 12.4 Å². The SMILES string of the molecule is c1cc(-c2ccc(Oc3ccc4nc(CNCCC5CCOCC5)ccc4c3)nc2)[nH]n1. The summed E-state index contributed by atoms with van der Waals surface area (Å²) in [7, 11) is 0. The smallest absolute Gasteiger partial charge is 0.219 e. The average Bonchev–Trinajstić information content (AvgIpc) is 3.38. The van der Waals surface area contributed by atoms with Crippen molar-refractivity contribution in [2.24, 2.45) is 5.92 Å². The predicted octanol–water partition coefficient (Wildman–Crippen LogP) is 4.72. The highest BCUT2D eigenvalue weighted by atomic mass is 16.5. The highest BCUT2D eigenvalue weighted by Crippen LogP contribution is 2.25. The first kappa shape index (κ1) is 20.6. The Kier molecular flexibility index (Phi) is 6.37. The largest absolute Gasteiger partial charge is 0.439 e. The van der Waals surface area contributed by atoms with Crippen LogP contribution in [0.25, 0.3) is 22.2 Å². The first-order valence-corrected chi connectivity index (χ1v) is 11.2. The minimum absolute atomic E-state index is 0.547. The Morgan fingerprint density at radius 1 is 1.06 bits per heavy atom. The molecular weight excluding hydrogens is 402 g/mol. The van der Waals surface area contributed by atoms with Crippen LogP contribution in [0.4, 0.5) is 0 Å². The van der Waals surface area contributed by atoms with E-state index in [1.165, 1.54) is 19.3 Å². The van der Waals surface area contributed by atoms with Crippen LogP contribution in [0.2, 0.25) is 0 Å². The van der Waals surface area contributed by atoms with Gasteiger partial charge in [-0.3, -0.25) is 10.1 Å². The molecule has 0 aliphatic carbocycles. The van der Waals surface area contributed by atoms with Gasteiger partial charge in [0.1, 0.15) is 5.75 Å². The second-order valence-corrected chi connectivity index (χ2v) is 8.14. The van der Waals surface area contributed by atoms with E-state index in [-0.39, 0.29) is 0 Å². The van der Waals surface area contributed by atoms with Crippen LogP contribution in [-0.4, -0.2) is 39.9 Å². The summed E-state index contributed by atoms with van der Waals surface area (Å²) in [5.74, 6) is 2.07. The highest BCUT2D eigenvalue weighted by Gasteiger charge is 2.13. The fraction of sp³-hybridized carbons (Fsp3) is 0.320. The summed E-state index contributed by atoms with van der Waals surface area (Å²) in [5.41, 5.74) is 3.90. The second-order valence-electron chi connectivity index (χ2n) is 8.14. The molecule has 1 aliphatic rings. The van der Waals surface area contributed by atoms with Crippen molar-refractivity contribution in [2.75, 3.05) is 19.8 Å². The molecule has 2 N–H and O–H groups in total. The number of hydrogen-bond acceptors (Lipinski definition) is 6. The molecule has 0 unspecified atom stereocenters. The number of ether oxygens (including phenoxy) is 2. The number of H-pyrrole nitrogens is 1. The van der Waals surface area contributed by atoms with E-state index >= 15 is 0 Å². The number of hydrogen-bond donors (Lipinski definition) is 2. The zero-order valence-corrected chi connectivity index (χ0v) is 18.0. The van der Waals surface area contributed by atoms with Crippen LogP contribution in [0.3, 0.4) is 0 Å². The third-order valence-electron chi connectivity index (χ3n) is 5.87. The zero-order chi connectivity index (χ0) is 21.6. The number of rotatable bonds is 8. The molecule has 5 rings (SSSR count). The number of nitrogens with one attached hydrogen (secondary N) is 2. The van der Waals surface area contributed by atoms with Gasteiger partial charge in [-0.05, 0) is 68.1 Å². The van der Waals surface area contributed by atoms with Crippen molar-refractivity contribution in [2.45, 2.75) is 25.8 Å². The van der Waals surface area contributed by atoms with Gasteiger partial charge in [0.25, 0.3) is 0 Å². The summed E-state index contributed by atoms with van der Waals surface area (Å²) in [6.45, 7) is 3.62. The summed E-state index contributed by atoms with van der Waals surface area (Å²) in [6, 6.07) is 15.8. The molecule has 0 bridgehead atoms. The van der Waals surface area contributed by atoms with Crippen LogP contribution >= 0.6 is 0 Å². The Balaban J connectivity index is 1.17. The number of pyridine rings is 2. The number of fused-ring (bicyclic) bond motifs is 1. The van der Waals surface area contributed by atoms with E-state index in [0.717, 1.165) is 65.8 Å². The summed E-state index contributed by atoms with van der Waals surface area (Å²) >= 11 is 0. The lowest BCUT2D eigenvalue weighted by molar-refractivity contribution is 0.0639. The lowest BCUT2D eigenvalue weighted by Gasteiger charge is -2.21. The molecule has 7 nitrogen and oxygen atoms in total. The van der Waals surface area contributed by atoms with Crippen molar-refractivity contribution in [3.8, 4) is 22.9 Å². The third-order valence-corrected chi connectivity index (χ3v) is 5.87. The molecular formula is C25H27N5O2. The van der Waals surface area contributed by atoms with Gasteiger partial charge >= 0.3 is 0 Å². The number of aromatic amines is 1. The van der Waals surface area contributed by atoms with Crippen LogP contribution < -0.4 is 10.1 Å². The monoisotopic (exact) mass is 429 g/mol. The van der Waals surface area contributed by atoms with Gasteiger partial charge in [-0.15, -0.1) is 0 Å². The Bertz CT molecular complexity index is 1140. The second kappa shape index (κ2) is 9.89. The fourth-order valence-electron chi connectivity index (χ4n) is 4.00. The molecule has 0 atom stereocenters. The molecule has 1 saturated heterocycles. The van der Waals surface area contributed by atoms with Crippen LogP contribution in [0.15, 0.2) is 60.9 Å². The summed E-state index contributed by atoms with van der Waals surface area (Å²) in [5, 5.41) is 11.5. The molecule has 3 aromatic heterocycles. The number of nitrogens with zero attached hydrogens (tertiary/aromatic N) is 3. The van der Waals surface area contributed by atoms with Gasteiger partial charge in [-0.25, -0.2) is 4.98 Å². The maximum atomic E-state index is 5.94. The minimum Gasteiger partial charge on any atom is -0.439 e. The Labute approximate surface area is 187 Å². The Morgan fingerprint density at radius 3 is 2.81 bits per heavy atom. The van der Waals surface area contributed by atoms with Gasteiger partial charge in [0.05, 0.1) is 16.9 Å². The van der Waals surface area contributed by atoms with Crippen molar-refractivity contribution < 1.29 is 9.47 Å². The third kappa shape index (κ3) is 5.12. The van der Waals surface area contributed by atoms with E-state index in [4.69, 9.17) is 14.5 Å². The number of aromatic nitrogens is 4. The molecule has 1 aromatic carbocycles. The highest BCUT2D eigenvalue weighted by molar-refractivity contribution is 5.80. The quantitative estimate of drug-likeness (QED) is 0.394. The van der Waals surface area contributed by atoms with E-state index in [2.05, 4.69) is 32.6 Å². The zero-order valence-electron chi connectivity index (χ0n) is 18.0. The molecule has 1 aliphatic heterocycles. The lowest BCUT2D eigenvalue weighted by atomic mass is 9.97. The summed E-state index contributed by atoms with van der Waals surface area (Å²) in [4.78, 5) is 9.18. The average molecular weight is 430 g/mol. The van der Waals surface area contributed by atoms with Gasteiger partial charge in [0.2, 0.25) is 5.88 Å². The summed E-state index contributed by atoms with van der Waals surface area (Å²) in [6.07, 6.45) is 7.06. The standard InChI is InChI=1S/C25H27N5O2/c1-3-21(17-26-11-7-18-9-13-31-14-10-18)29-23-5-4-22(15-19(1)23)32-25-6-2-20(16-27-25)24-8-12-28-30-24/h1-6,8,12,15-16,18,26H,7,9-11,13-14,17H2,(H,28,30). The van der Waals surface area contributed by atoms with E-state index in [9.17, 15) is 0 Å². The maximum Gasteiger partial charge on any atom is 0.219 e. The Hall–Kier alpha value is -3.29. The van der Waals surface area contributed by atoms with Crippen LogP contribution in [0.5, 0.6) is 11.6 Å². The van der Waals surface area contributed by atoms with Crippen LogP contribution in [-0.2, 0) is 11.3 Å². The summed E-state index contributed by atoms with van der Waals surface area (Å²) < 4.78 is 11.4. The van der Waals surface area contributed by atoms with Crippen LogP contribution in [0.1, 0.15) is 25.0 Å². The molecule has 0 amide bonds. The topological polar surface area (TPSA) is 85.0 Å². The first-order chi connectivity index (χ1) is 15.8. The Morgan fingerprint density at radius 2 is 2.00 bits per heavy atom. The van der Waals surface area contributed by atoms with Crippen molar-refractivity contribution in [1.29, 1.82) is 0 Å². The minimum atomic E-state index is 0.547. The van der Waals surface area contributed by atoms with Crippen molar-refractivity contribution in [1.82, 2.24) is 25.5 Å². The van der Waals surface area contributed by atoms with Crippen LogP contribution in [0, 0.1) is 5.92 Å².